The summed E-state index contributed by atoms with van der Waals surface area (Å²) in [5.41, 5.74) is 0. The van der Waals surface area contributed by atoms with Gasteiger partial charge in [-0.05, 0) is 37.4 Å². The standard InChI is InChI=1S/C10H16F3NS.C9H16ClF3O2S/c11-10(12,13)7-5-3-1-2-4-6-8-15-9-14;10-16(14,15)8-6-4-2-1-3-5-7-9(11,12)13/h1-8H2;1-8H2. The van der Waals surface area contributed by atoms with Gasteiger partial charge in [0.1, 0.15) is 5.40 Å². The van der Waals surface area contributed by atoms with Crippen molar-refractivity contribution < 1.29 is 34.8 Å². The van der Waals surface area contributed by atoms with Crippen molar-refractivity contribution in [3.05, 3.63) is 0 Å². The minimum absolute atomic E-state index is 0.0584. The summed E-state index contributed by atoms with van der Waals surface area (Å²) in [7, 11) is 1.58. The SMILES string of the molecule is N#CSCCCCCCCCC(F)(F)F.O=S(=O)(Cl)CCCCCCCCC(F)(F)F. The lowest BCUT2D eigenvalue weighted by Crippen LogP contribution is -2.06. The Hall–Kier alpha value is -0.340. The van der Waals surface area contributed by atoms with Crippen LogP contribution in [0.3, 0.4) is 0 Å². The van der Waals surface area contributed by atoms with Crippen LogP contribution < -0.4 is 0 Å². The number of nitrogens with zero attached hydrogens (tertiary/aromatic N) is 1. The summed E-state index contributed by atoms with van der Waals surface area (Å²) in [5, 5.41) is 10.2. The fourth-order valence-electron chi connectivity index (χ4n) is 2.56. The van der Waals surface area contributed by atoms with Crippen molar-refractivity contribution in [1.29, 1.82) is 5.26 Å². The summed E-state index contributed by atoms with van der Waals surface area (Å²) < 4.78 is 91.5. The van der Waals surface area contributed by atoms with Crippen LogP contribution in [0.4, 0.5) is 26.3 Å². The molecule has 12 heteroatoms. The third-order valence-corrected chi connectivity index (χ3v) is 5.98. The molecule has 0 aliphatic rings. The third kappa shape index (κ3) is 37.3. The lowest BCUT2D eigenvalue weighted by molar-refractivity contribution is -0.136. The van der Waals surface area contributed by atoms with Gasteiger partial charge < -0.3 is 0 Å². The molecule has 0 unspecified atom stereocenters. The third-order valence-electron chi connectivity index (χ3n) is 4.12. The van der Waals surface area contributed by atoms with Gasteiger partial charge in [-0.2, -0.15) is 31.6 Å². The van der Waals surface area contributed by atoms with Crippen LogP contribution in [0.5, 0.6) is 0 Å². The Balaban J connectivity index is 0. The number of halogens is 7. The van der Waals surface area contributed by atoms with E-state index < -0.39 is 34.2 Å². The normalized spacial score (nSPS) is 12.2. The molecule has 0 saturated carbocycles. The zero-order valence-corrected chi connectivity index (χ0v) is 19.9. The van der Waals surface area contributed by atoms with Gasteiger partial charge in [-0.15, -0.1) is 0 Å². The first-order valence-electron chi connectivity index (χ1n) is 10.3. The van der Waals surface area contributed by atoms with Crippen LogP contribution in [-0.2, 0) is 9.05 Å². The number of rotatable bonds is 16. The summed E-state index contributed by atoms with van der Waals surface area (Å²) in [6, 6.07) is 0. The molecule has 0 bridgehead atoms. The van der Waals surface area contributed by atoms with Gasteiger partial charge in [0.15, 0.2) is 0 Å². The molecular formula is C19H32ClF6NO2S2. The predicted octanol–water partition coefficient (Wildman–Crippen LogP) is 8.34. The summed E-state index contributed by atoms with van der Waals surface area (Å²) in [5.74, 6) is 0.774. The van der Waals surface area contributed by atoms with Crippen LogP contribution >= 0.6 is 22.4 Å². The Bertz CT molecular complexity index is 563. The van der Waals surface area contributed by atoms with Crippen LogP contribution in [0.2, 0.25) is 0 Å². The van der Waals surface area contributed by atoms with E-state index in [0.29, 0.717) is 32.1 Å². The Labute approximate surface area is 190 Å². The second-order valence-corrected chi connectivity index (χ2v) is 10.9. The van der Waals surface area contributed by atoms with Crippen LogP contribution in [0.1, 0.15) is 89.9 Å². The maximum atomic E-state index is 11.7. The van der Waals surface area contributed by atoms with Crippen molar-refractivity contribution in [3.8, 4) is 5.40 Å². The number of hydrogen-bond acceptors (Lipinski definition) is 4. The summed E-state index contributed by atoms with van der Waals surface area (Å²) in [6.07, 6.45) is -1.39. The number of alkyl halides is 6. The summed E-state index contributed by atoms with van der Waals surface area (Å²) in [4.78, 5) is 0. The molecule has 0 aromatic heterocycles. The largest absolute Gasteiger partial charge is 0.389 e. The van der Waals surface area contributed by atoms with Gasteiger partial charge in [0.25, 0.3) is 0 Å². The van der Waals surface area contributed by atoms with E-state index in [2.05, 4.69) is 0 Å². The first-order chi connectivity index (χ1) is 14.3. The highest BCUT2D eigenvalue weighted by atomic mass is 35.7. The molecule has 0 N–H and O–H groups in total. The van der Waals surface area contributed by atoms with Gasteiger partial charge in [0.2, 0.25) is 9.05 Å². The van der Waals surface area contributed by atoms with E-state index in [9.17, 15) is 34.8 Å². The molecule has 0 heterocycles. The smallest absolute Gasteiger partial charge is 0.212 e. The first kappa shape index (κ1) is 32.8. The molecule has 0 aromatic carbocycles. The van der Waals surface area contributed by atoms with Gasteiger partial charge in [0, 0.05) is 29.3 Å². The molecule has 3 nitrogen and oxygen atoms in total. The minimum atomic E-state index is -4.06. The Kier molecular flexibility index (Phi) is 20.3. The zero-order chi connectivity index (χ0) is 24.2. The van der Waals surface area contributed by atoms with E-state index in [0.717, 1.165) is 37.9 Å². The Morgan fingerprint density at radius 1 is 0.677 bits per heavy atom. The maximum Gasteiger partial charge on any atom is 0.389 e. The fourth-order valence-corrected chi connectivity index (χ4v) is 3.88. The lowest BCUT2D eigenvalue weighted by atomic mass is 10.1. The molecule has 0 saturated heterocycles. The fraction of sp³-hybridized carbons (Fsp3) is 0.947. The quantitative estimate of drug-likeness (QED) is 0.0889. The molecule has 0 rings (SSSR count). The number of nitriles is 1. The number of thiocyanates is 1. The van der Waals surface area contributed by atoms with Crippen molar-refractivity contribution in [2.24, 2.45) is 0 Å². The summed E-state index contributed by atoms with van der Waals surface area (Å²) >= 11 is 1.24. The van der Waals surface area contributed by atoms with E-state index in [1.54, 1.807) is 0 Å². The molecule has 0 radical (unpaired) electrons. The Morgan fingerprint density at radius 2 is 1.03 bits per heavy atom. The van der Waals surface area contributed by atoms with E-state index in [1.165, 1.54) is 11.8 Å². The van der Waals surface area contributed by atoms with Gasteiger partial charge in [0.05, 0.1) is 5.75 Å². The topological polar surface area (TPSA) is 57.9 Å². The van der Waals surface area contributed by atoms with Gasteiger partial charge in [-0.1, -0.05) is 51.4 Å². The second-order valence-electron chi connectivity index (χ2n) is 7.16. The number of thioether (sulfide) groups is 1. The highest BCUT2D eigenvalue weighted by molar-refractivity contribution is 8.13. The van der Waals surface area contributed by atoms with Gasteiger partial charge >= 0.3 is 12.4 Å². The van der Waals surface area contributed by atoms with E-state index in [1.807, 2.05) is 5.40 Å². The Morgan fingerprint density at radius 3 is 1.39 bits per heavy atom. The lowest BCUT2D eigenvalue weighted by Gasteiger charge is -2.05. The molecule has 0 atom stereocenters. The highest BCUT2D eigenvalue weighted by Crippen LogP contribution is 2.24. The average Bonchev–Trinajstić information content (AvgIpc) is 2.60. The molecule has 0 aliphatic carbocycles. The van der Waals surface area contributed by atoms with Gasteiger partial charge in [-0.25, -0.2) is 8.42 Å². The van der Waals surface area contributed by atoms with Crippen molar-refractivity contribution in [2.45, 2.75) is 102 Å². The van der Waals surface area contributed by atoms with Crippen molar-refractivity contribution >= 4 is 31.5 Å². The molecular weight excluding hydrogens is 488 g/mol. The molecule has 31 heavy (non-hydrogen) atoms. The number of unbranched alkanes of at least 4 members (excludes halogenated alkanes) is 10. The van der Waals surface area contributed by atoms with Crippen molar-refractivity contribution in [1.82, 2.24) is 0 Å². The monoisotopic (exact) mass is 519 g/mol. The molecule has 186 valence electrons. The zero-order valence-electron chi connectivity index (χ0n) is 17.5. The molecule has 0 amide bonds. The van der Waals surface area contributed by atoms with Crippen LogP contribution in [-0.4, -0.2) is 32.3 Å². The van der Waals surface area contributed by atoms with E-state index in [-0.39, 0.29) is 18.6 Å². The highest BCUT2D eigenvalue weighted by Gasteiger charge is 2.26. The van der Waals surface area contributed by atoms with E-state index in [4.69, 9.17) is 15.9 Å². The summed E-state index contributed by atoms with van der Waals surface area (Å²) in [6.45, 7) is 0. The maximum absolute atomic E-state index is 11.7. The van der Waals surface area contributed by atoms with Crippen molar-refractivity contribution in [3.63, 3.8) is 0 Å². The minimum Gasteiger partial charge on any atom is -0.212 e. The van der Waals surface area contributed by atoms with Crippen LogP contribution in [0, 0.1) is 10.7 Å². The first-order valence-corrected chi connectivity index (χ1v) is 13.8. The average molecular weight is 520 g/mol. The number of hydrogen-bond donors (Lipinski definition) is 0. The predicted molar refractivity (Wildman–Crippen MR) is 114 cm³/mol. The van der Waals surface area contributed by atoms with Crippen LogP contribution in [0.25, 0.3) is 0 Å². The molecule has 0 aromatic rings. The van der Waals surface area contributed by atoms with E-state index >= 15 is 0 Å². The molecule has 0 spiro atoms. The van der Waals surface area contributed by atoms with Crippen LogP contribution in [0.15, 0.2) is 0 Å². The molecule has 0 fully saturated rings. The molecule has 0 aliphatic heterocycles. The van der Waals surface area contributed by atoms with Gasteiger partial charge in [-0.3, -0.25) is 0 Å². The van der Waals surface area contributed by atoms with Crippen molar-refractivity contribution in [2.75, 3.05) is 11.5 Å². The second kappa shape index (κ2) is 19.2.